The molecule has 190 valence electrons. The molecule has 2 heterocycles. The number of ether oxygens (including phenoxy) is 1. The highest BCUT2D eigenvalue weighted by Crippen LogP contribution is 2.29. The number of halogens is 1. The van der Waals surface area contributed by atoms with E-state index in [9.17, 15) is 4.79 Å². The average Bonchev–Trinajstić information content (AvgIpc) is 3.03. The van der Waals surface area contributed by atoms with Gasteiger partial charge >= 0.3 is 5.97 Å². The topological polar surface area (TPSA) is 81.9 Å². The second-order valence-corrected chi connectivity index (χ2v) is 9.53. The van der Waals surface area contributed by atoms with Crippen LogP contribution in [0.3, 0.4) is 0 Å². The number of carbonyl (C=O) groups excluding carboxylic acids is 1. The van der Waals surface area contributed by atoms with E-state index >= 15 is 0 Å². The summed E-state index contributed by atoms with van der Waals surface area (Å²) in [5.41, 5.74) is 6.74. The van der Waals surface area contributed by atoms with Crippen molar-refractivity contribution in [2.24, 2.45) is 15.1 Å². The zero-order valence-electron chi connectivity index (χ0n) is 21.1. The number of esters is 1. The van der Waals surface area contributed by atoms with Gasteiger partial charge < -0.3 is 14.5 Å². The minimum absolute atomic E-state index is 0.320. The molecule has 2 aliphatic rings. The van der Waals surface area contributed by atoms with E-state index in [1.807, 2.05) is 55.5 Å². The van der Waals surface area contributed by atoms with Gasteiger partial charge in [0.15, 0.2) is 0 Å². The Labute approximate surface area is 217 Å². The number of carbonyl (C=O) groups is 1. The van der Waals surface area contributed by atoms with Crippen LogP contribution in [0.2, 0.25) is 5.02 Å². The predicted octanol–water partition coefficient (Wildman–Crippen LogP) is 3.76. The molecule has 2 aliphatic heterocycles. The van der Waals surface area contributed by atoms with E-state index in [2.05, 4.69) is 27.4 Å². The molecular weight excluding hydrogens is 476 g/mol. The summed E-state index contributed by atoms with van der Waals surface area (Å²) in [5.74, 6) is 0.105. The Morgan fingerprint density at radius 3 is 2.64 bits per heavy atom. The number of nitrogens with zero attached hydrogens (tertiary/aromatic N) is 5. The molecule has 4 rings (SSSR count). The van der Waals surface area contributed by atoms with Crippen LogP contribution in [0, 0.1) is 0 Å². The van der Waals surface area contributed by atoms with Crippen molar-refractivity contribution < 1.29 is 9.53 Å². The second kappa shape index (κ2) is 12.3. The largest absolute Gasteiger partial charge is 0.464 e. The van der Waals surface area contributed by atoms with Gasteiger partial charge in [-0.1, -0.05) is 41.9 Å². The smallest absolute Gasteiger partial charge is 0.354 e. The van der Waals surface area contributed by atoms with Crippen molar-refractivity contribution in [3.63, 3.8) is 0 Å². The molecule has 8 nitrogen and oxygen atoms in total. The SMILES string of the molecule is COC(=O)C(CCCN1CCN(C)CC1)=NNC1=Nc2ccc(Cl)cc2C(c2ccccc2)=NC1C. The molecule has 2 aromatic carbocycles. The van der Waals surface area contributed by atoms with E-state index in [-0.39, 0.29) is 6.04 Å². The van der Waals surface area contributed by atoms with Gasteiger partial charge in [-0.15, -0.1) is 0 Å². The van der Waals surface area contributed by atoms with E-state index < -0.39 is 5.97 Å². The maximum absolute atomic E-state index is 12.4. The predicted molar refractivity (Wildman–Crippen MR) is 146 cm³/mol. The highest BCUT2D eigenvalue weighted by Gasteiger charge is 2.22. The number of nitrogens with one attached hydrogen (secondary N) is 1. The van der Waals surface area contributed by atoms with Crippen LogP contribution in [0.25, 0.3) is 0 Å². The summed E-state index contributed by atoms with van der Waals surface area (Å²) in [5, 5.41) is 5.05. The molecule has 1 N–H and O–H groups in total. The fraction of sp³-hybridized carbons (Fsp3) is 0.407. The van der Waals surface area contributed by atoms with Gasteiger partial charge in [0.2, 0.25) is 0 Å². The van der Waals surface area contributed by atoms with Crippen LogP contribution in [-0.2, 0) is 9.53 Å². The van der Waals surface area contributed by atoms with Crippen molar-refractivity contribution in [1.29, 1.82) is 0 Å². The van der Waals surface area contributed by atoms with Crippen molar-refractivity contribution in [3.05, 3.63) is 64.7 Å². The van der Waals surface area contributed by atoms with Crippen LogP contribution in [0.4, 0.5) is 5.69 Å². The molecule has 1 atom stereocenters. The van der Waals surface area contributed by atoms with Crippen molar-refractivity contribution in [3.8, 4) is 0 Å². The van der Waals surface area contributed by atoms with Crippen LogP contribution >= 0.6 is 11.6 Å². The molecule has 0 bridgehead atoms. The average molecular weight is 509 g/mol. The number of likely N-dealkylation sites (N-methyl/N-ethyl adjacent to an activating group) is 1. The van der Waals surface area contributed by atoms with Crippen molar-refractivity contribution >= 4 is 40.5 Å². The number of fused-ring (bicyclic) bond motifs is 1. The molecule has 9 heteroatoms. The van der Waals surface area contributed by atoms with Crippen molar-refractivity contribution in [2.75, 3.05) is 46.9 Å². The highest BCUT2D eigenvalue weighted by atomic mass is 35.5. The first-order valence-electron chi connectivity index (χ1n) is 12.3. The molecule has 1 fully saturated rings. The standard InChI is InChI=1S/C27H33ClN6O2/c1-19-26(32-31-24(27(35)36-3)10-7-13-34-16-14-33(2)15-17-34)30-23-12-11-21(28)18-22(23)25(29-19)20-8-5-4-6-9-20/h4-6,8-9,11-12,18-19H,7,10,13-17H2,1-3H3,(H,30,32). The first-order valence-corrected chi connectivity index (χ1v) is 12.7. The van der Waals surface area contributed by atoms with Crippen LogP contribution in [0.15, 0.2) is 63.6 Å². The number of hydrogen-bond donors (Lipinski definition) is 1. The number of methoxy groups -OCH3 is 1. The minimum Gasteiger partial charge on any atom is -0.464 e. The highest BCUT2D eigenvalue weighted by molar-refractivity contribution is 6.36. The van der Waals surface area contributed by atoms with Crippen LogP contribution in [-0.4, -0.2) is 86.0 Å². The maximum atomic E-state index is 12.4. The minimum atomic E-state index is -0.441. The molecule has 0 saturated carbocycles. The van der Waals surface area contributed by atoms with E-state index in [4.69, 9.17) is 26.3 Å². The number of amidine groups is 1. The van der Waals surface area contributed by atoms with E-state index in [1.165, 1.54) is 7.11 Å². The third-order valence-electron chi connectivity index (χ3n) is 6.43. The fourth-order valence-electron chi connectivity index (χ4n) is 4.28. The molecule has 0 spiro atoms. The lowest BCUT2D eigenvalue weighted by Crippen LogP contribution is -2.44. The quantitative estimate of drug-likeness (QED) is 0.350. The van der Waals surface area contributed by atoms with Crippen LogP contribution < -0.4 is 5.43 Å². The summed E-state index contributed by atoms with van der Waals surface area (Å²) in [6.45, 7) is 7.08. The lowest BCUT2D eigenvalue weighted by molar-refractivity contribution is -0.132. The number of aliphatic imine (C=N–C) groups is 2. The molecule has 0 amide bonds. The molecular formula is C27H33ClN6O2. The lowest BCUT2D eigenvalue weighted by atomic mass is 10.0. The van der Waals surface area contributed by atoms with E-state index in [0.717, 1.165) is 61.7 Å². The number of hydrazone groups is 1. The summed E-state index contributed by atoms with van der Waals surface area (Å²) in [7, 11) is 3.52. The summed E-state index contributed by atoms with van der Waals surface area (Å²) in [6, 6.07) is 15.2. The first kappa shape index (κ1) is 26.0. The number of hydrogen-bond acceptors (Lipinski definition) is 8. The van der Waals surface area contributed by atoms with E-state index in [1.54, 1.807) is 0 Å². The number of piperazine rings is 1. The molecule has 2 aromatic rings. The third-order valence-corrected chi connectivity index (χ3v) is 6.67. The third kappa shape index (κ3) is 6.57. The lowest BCUT2D eigenvalue weighted by Gasteiger charge is -2.32. The Morgan fingerprint density at radius 2 is 1.92 bits per heavy atom. The molecule has 1 unspecified atom stereocenters. The summed E-state index contributed by atoms with van der Waals surface area (Å²) >= 11 is 6.32. The molecule has 0 aliphatic carbocycles. The Bertz CT molecular complexity index is 1160. The van der Waals surface area contributed by atoms with Gasteiger partial charge in [-0.05, 0) is 45.1 Å². The van der Waals surface area contributed by atoms with E-state index in [0.29, 0.717) is 23.0 Å². The van der Waals surface area contributed by atoms with Crippen molar-refractivity contribution in [1.82, 2.24) is 15.2 Å². The normalized spacial score (nSPS) is 19.1. The molecule has 0 aromatic heterocycles. The molecule has 0 radical (unpaired) electrons. The Kier molecular flexibility index (Phi) is 8.85. The fourth-order valence-corrected chi connectivity index (χ4v) is 4.45. The zero-order chi connectivity index (χ0) is 25.5. The van der Waals surface area contributed by atoms with Crippen LogP contribution in [0.1, 0.15) is 30.9 Å². The Balaban J connectivity index is 1.53. The summed E-state index contributed by atoms with van der Waals surface area (Å²) in [4.78, 5) is 26.9. The van der Waals surface area contributed by atoms with Gasteiger partial charge in [-0.3, -0.25) is 10.4 Å². The summed E-state index contributed by atoms with van der Waals surface area (Å²) < 4.78 is 4.99. The maximum Gasteiger partial charge on any atom is 0.354 e. The molecule has 36 heavy (non-hydrogen) atoms. The van der Waals surface area contributed by atoms with Gasteiger partial charge in [0.25, 0.3) is 0 Å². The Morgan fingerprint density at radius 1 is 1.17 bits per heavy atom. The van der Waals surface area contributed by atoms with Gasteiger partial charge in [-0.25, -0.2) is 9.79 Å². The van der Waals surface area contributed by atoms with Gasteiger partial charge in [0.05, 0.1) is 18.5 Å². The number of rotatable bonds is 7. The van der Waals surface area contributed by atoms with Crippen molar-refractivity contribution in [2.45, 2.75) is 25.8 Å². The summed E-state index contributed by atoms with van der Waals surface area (Å²) in [6.07, 6.45) is 1.33. The second-order valence-electron chi connectivity index (χ2n) is 9.09. The number of benzene rings is 2. The first-order chi connectivity index (χ1) is 17.4. The van der Waals surface area contributed by atoms with Gasteiger partial charge in [-0.2, -0.15) is 5.10 Å². The Hall–Kier alpha value is -3.07. The van der Waals surface area contributed by atoms with Crippen LogP contribution in [0.5, 0.6) is 0 Å². The van der Waals surface area contributed by atoms with Gasteiger partial charge in [0, 0.05) is 48.7 Å². The van der Waals surface area contributed by atoms with Gasteiger partial charge in [0.1, 0.15) is 17.6 Å². The molecule has 1 saturated heterocycles. The monoisotopic (exact) mass is 508 g/mol. The zero-order valence-corrected chi connectivity index (χ0v) is 21.8.